The van der Waals surface area contributed by atoms with Gasteiger partial charge in [-0.1, -0.05) is 6.92 Å². The molecule has 1 unspecified atom stereocenters. The van der Waals surface area contributed by atoms with Crippen molar-refractivity contribution in [2.24, 2.45) is 0 Å². The Bertz CT molecular complexity index is 68.6. The molecule has 0 aliphatic rings. The fourth-order valence-electron chi connectivity index (χ4n) is 0.551. The van der Waals surface area contributed by atoms with Gasteiger partial charge in [-0.05, 0) is 18.6 Å². The quantitative estimate of drug-likeness (QED) is 0.572. The topological polar surface area (TPSA) is 40.5 Å². The third-order valence-electron chi connectivity index (χ3n) is 1.21. The van der Waals surface area contributed by atoms with Crippen molar-refractivity contribution in [3.8, 4) is 0 Å². The lowest BCUT2D eigenvalue weighted by atomic mass is 10.4. The van der Waals surface area contributed by atoms with Crippen LogP contribution in [0.25, 0.3) is 0 Å². The van der Waals surface area contributed by atoms with Gasteiger partial charge in [0.25, 0.3) is 0 Å². The lowest BCUT2D eigenvalue weighted by Gasteiger charge is -2.05. The van der Waals surface area contributed by atoms with Crippen LogP contribution in [0.5, 0.6) is 0 Å². The molecule has 1 atom stereocenters. The second-order valence-corrected chi connectivity index (χ2v) is 3.84. The zero-order valence-corrected chi connectivity index (χ0v) is 7.23. The highest BCUT2D eigenvalue weighted by Crippen LogP contribution is 2.11. The second-order valence-electron chi connectivity index (χ2n) is 2.29. The van der Waals surface area contributed by atoms with E-state index in [0.717, 1.165) is 18.6 Å². The molecule has 10 heavy (non-hydrogen) atoms. The number of unbranched alkanes of at least 4 members (excludes halogenated alkanes) is 1. The molecule has 0 aliphatic carbocycles. The van der Waals surface area contributed by atoms with Gasteiger partial charge in [-0.15, -0.1) is 0 Å². The van der Waals surface area contributed by atoms with Gasteiger partial charge in [0.1, 0.15) is 0 Å². The summed E-state index contributed by atoms with van der Waals surface area (Å²) in [5.41, 5.74) is 0. The Morgan fingerprint density at radius 1 is 1.30 bits per heavy atom. The number of rotatable bonds is 6. The maximum absolute atomic E-state index is 8.62. The predicted octanol–water partition coefficient (Wildman–Crippen LogP) is 0.873. The molecule has 0 aliphatic heterocycles. The predicted molar refractivity (Wildman–Crippen MR) is 45.3 cm³/mol. The minimum absolute atomic E-state index is 0.254. The highest BCUT2D eigenvalue weighted by Gasteiger charge is 1.98. The first-order valence-corrected chi connectivity index (χ1v) is 4.69. The molecular weight excluding hydrogens is 148 g/mol. The molecule has 0 aromatic heterocycles. The molecule has 0 aromatic carbocycles. The molecular formula is C7H16O2S. The van der Waals surface area contributed by atoms with Crippen LogP contribution in [0, 0.1) is 0 Å². The van der Waals surface area contributed by atoms with Gasteiger partial charge in [0.05, 0.1) is 6.61 Å². The van der Waals surface area contributed by atoms with Crippen molar-refractivity contribution in [3.05, 3.63) is 0 Å². The Morgan fingerprint density at radius 3 is 2.50 bits per heavy atom. The molecule has 0 saturated heterocycles. The van der Waals surface area contributed by atoms with E-state index < -0.39 is 0 Å². The summed E-state index contributed by atoms with van der Waals surface area (Å²) < 4.78 is 0. The van der Waals surface area contributed by atoms with Crippen molar-refractivity contribution in [3.63, 3.8) is 0 Å². The molecule has 0 radical (unpaired) electrons. The van der Waals surface area contributed by atoms with Crippen LogP contribution in [0.4, 0.5) is 0 Å². The second kappa shape index (κ2) is 7.38. The average Bonchev–Trinajstić information content (AvgIpc) is 1.98. The summed E-state index contributed by atoms with van der Waals surface area (Å²) in [5, 5.41) is 17.4. The molecule has 0 amide bonds. The molecule has 0 rings (SSSR count). The summed E-state index contributed by atoms with van der Waals surface area (Å²) in [6.45, 7) is 2.54. The van der Waals surface area contributed by atoms with E-state index in [1.807, 2.05) is 6.92 Å². The molecule has 0 aromatic rings. The van der Waals surface area contributed by atoms with Crippen LogP contribution >= 0.6 is 11.8 Å². The molecule has 3 heteroatoms. The zero-order chi connectivity index (χ0) is 7.82. The van der Waals surface area contributed by atoms with Crippen molar-refractivity contribution in [2.45, 2.75) is 25.0 Å². The SMILES string of the molecule is CC(CO)SCCCCO. The van der Waals surface area contributed by atoms with Crippen LogP contribution in [0.15, 0.2) is 0 Å². The first-order chi connectivity index (χ1) is 4.81. The Balaban J connectivity index is 2.89. The Morgan fingerprint density at radius 2 is 2.00 bits per heavy atom. The maximum atomic E-state index is 8.62. The Kier molecular flexibility index (Phi) is 7.58. The summed E-state index contributed by atoms with van der Waals surface area (Å²) in [6, 6.07) is 0. The van der Waals surface area contributed by atoms with Crippen LogP contribution < -0.4 is 0 Å². The van der Waals surface area contributed by atoms with E-state index in [9.17, 15) is 0 Å². The minimum Gasteiger partial charge on any atom is -0.396 e. The first-order valence-electron chi connectivity index (χ1n) is 3.64. The highest BCUT2D eigenvalue weighted by molar-refractivity contribution is 7.99. The van der Waals surface area contributed by atoms with Crippen LogP contribution in [0.3, 0.4) is 0 Å². The Labute approximate surface area is 66.6 Å². The van der Waals surface area contributed by atoms with Crippen molar-refractivity contribution in [1.29, 1.82) is 0 Å². The average molecular weight is 164 g/mol. The third kappa shape index (κ3) is 6.39. The van der Waals surface area contributed by atoms with Gasteiger partial charge in [0.2, 0.25) is 0 Å². The van der Waals surface area contributed by atoms with Crippen LogP contribution in [-0.4, -0.2) is 34.4 Å². The van der Waals surface area contributed by atoms with E-state index in [0.29, 0.717) is 5.25 Å². The van der Waals surface area contributed by atoms with Gasteiger partial charge in [0, 0.05) is 11.9 Å². The van der Waals surface area contributed by atoms with Crippen LogP contribution in [0.1, 0.15) is 19.8 Å². The van der Waals surface area contributed by atoms with Gasteiger partial charge in [-0.25, -0.2) is 0 Å². The first kappa shape index (κ1) is 10.3. The van der Waals surface area contributed by atoms with E-state index >= 15 is 0 Å². The van der Waals surface area contributed by atoms with Gasteiger partial charge in [0.15, 0.2) is 0 Å². The van der Waals surface area contributed by atoms with E-state index in [2.05, 4.69) is 0 Å². The van der Waals surface area contributed by atoms with Crippen LogP contribution in [0.2, 0.25) is 0 Å². The molecule has 0 spiro atoms. The normalized spacial score (nSPS) is 13.5. The number of hydrogen-bond acceptors (Lipinski definition) is 3. The van der Waals surface area contributed by atoms with Crippen molar-refractivity contribution < 1.29 is 10.2 Å². The van der Waals surface area contributed by atoms with Crippen molar-refractivity contribution in [1.82, 2.24) is 0 Å². The van der Waals surface area contributed by atoms with E-state index in [1.165, 1.54) is 0 Å². The Hall–Kier alpha value is 0.270. The van der Waals surface area contributed by atoms with Gasteiger partial charge in [-0.3, -0.25) is 0 Å². The largest absolute Gasteiger partial charge is 0.396 e. The van der Waals surface area contributed by atoms with Crippen molar-refractivity contribution in [2.75, 3.05) is 19.0 Å². The number of aliphatic hydroxyl groups is 2. The van der Waals surface area contributed by atoms with Crippen LogP contribution in [-0.2, 0) is 0 Å². The smallest absolute Gasteiger partial charge is 0.0547 e. The lowest BCUT2D eigenvalue weighted by Crippen LogP contribution is -2.03. The number of thioether (sulfide) groups is 1. The molecule has 2 N–H and O–H groups in total. The highest BCUT2D eigenvalue weighted by atomic mass is 32.2. The van der Waals surface area contributed by atoms with Gasteiger partial charge >= 0.3 is 0 Å². The van der Waals surface area contributed by atoms with Crippen molar-refractivity contribution >= 4 is 11.8 Å². The third-order valence-corrected chi connectivity index (χ3v) is 2.45. The van der Waals surface area contributed by atoms with E-state index in [4.69, 9.17) is 10.2 Å². The lowest BCUT2D eigenvalue weighted by molar-refractivity contribution is 0.287. The molecule has 0 fully saturated rings. The standard InChI is InChI=1S/C7H16O2S/c1-7(6-9)10-5-3-2-4-8/h7-9H,2-6H2,1H3. The molecule has 0 heterocycles. The zero-order valence-electron chi connectivity index (χ0n) is 6.42. The fraction of sp³-hybridized carbons (Fsp3) is 1.00. The maximum Gasteiger partial charge on any atom is 0.0547 e. The molecule has 2 nitrogen and oxygen atoms in total. The summed E-state index contributed by atoms with van der Waals surface area (Å²) in [7, 11) is 0. The van der Waals surface area contributed by atoms with E-state index in [-0.39, 0.29) is 13.2 Å². The van der Waals surface area contributed by atoms with E-state index in [1.54, 1.807) is 11.8 Å². The summed E-state index contributed by atoms with van der Waals surface area (Å²) in [6.07, 6.45) is 1.93. The number of aliphatic hydroxyl groups excluding tert-OH is 2. The minimum atomic E-state index is 0.254. The summed E-state index contributed by atoms with van der Waals surface area (Å²) >= 11 is 1.76. The molecule has 0 bridgehead atoms. The summed E-state index contributed by atoms with van der Waals surface area (Å²) in [5.74, 6) is 1.04. The molecule has 62 valence electrons. The number of hydrogen-bond donors (Lipinski definition) is 2. The fourth-order valence-corrected chi connectivity index (χ4v) is 1.43. The van der Waals surface area contributed by atoms with Gasteiger partial charge < -0.3 is 10.2 Å². The summed E-state index contributed by atoms with van der Waals surface area (Å²) in [4.78, 5) is 0. The monoisotopic (exact) mass is 164 g/mol. The van der Waals surface area contributed by atoms with Gasteiger partial charge in [-0.2, -0.15) is 11.8 Å². The molecule has 0 saturated carbocycles.